The van der Waals surface area contributed by atoms with Gasteiger partial charge in [0, 0.05) is 11.9 Å². The predicted octanol–water partition coefficient (Wildman–Crippen LogP) is 1.84. The molecule has 0 bridgehead atoms. The van der Waals surface area contributed by atoms with E-state index in [4.69, 9.17) is 5.11 Å². The van der Waals surface area contributed by atoms with Crippen LogP contribution in [-0.2, 0) is 11.3 Å². The summed E-state index contributed by atoms with van der Waals surface area (Å²) in [6, 6.07) is 5.78. The van der Waals surface area contributed by atoms with Gasteiger partial charge < -0.3 is 10.4 Å². The summed E-state index contributed by atoms with van der Waals surface area (Å²) in [4.78, 5) is 22.6. The highest BCUT2D eigenvalue weighted by Crippen LogP contribution is 2.17. The Labute approximate surface area is 116 Å². The van der Waals surface area contributed by atoms with E-state index in [9.17, 15) is 9.59 Å². The lowest BCUT2D eigenvalue weighted by atomic mass is 10.1. The Morgan fingerprint density at radius 3 is 2.80 bits per heavy atom. The molecule has 0 saturated heterocycles. The summed E-state index contributed by atoms with van der Waals surface area (Å²) < 4.78 is 1.21. The number of hydrogen-bond acceptors (Lipinski definition) is 3. The van der Waals surface area contributed by atoms with Crippen LogP contribution in [0.15, 0.2) is 30.6 Å². The summed E-state index contributed by atoms with van der Waals surface area (Å²) in [6.45, 7) is 3.58. The average molecular weight is 273 g/mol. The second-order valence-corrected chi connectivity index (χ2v) is 4.59. The van der Waals surface area contributed by atoms with Crippen LogP contribution in [0, 0.1) is 13.8 Å². The Morgan fingerprint density at radius 1 is 1.35 bits per heavy atom. The highest BCUT2D eigenvalue weighted by atomic mass is 16.4. The second kappa shape index (κ2) is 5.56. The third kappa shape index (κ3) is 3.23. The van der Waals surface area contributed by atoms with E-state index in [2.05, 4.69) is 10.4 Å². The molecule has 6 heteroatoms. The van der Waals surface area contributed by atoms with Gasteiger partial charge in [0.25, 0.3) is 5.91 Å². The molecule has 104 valence electrons. The number of benzene rings is 1. The van der Waals surface area contributed by atoms with Gasteiger partial charge in [0.1, 0.15) is 6.54 Å². The molecular formula is C14H15N3O3. The van der Waals surface area contributed by atoms with Crippen LogP contribution in [0.2, 0.25) is 0 Å². The van der Waals surface area contributed by atoms with Crippen molar-refractivity contribution in [2.24, 2.45) is 0 Å². The van der Waals surface area contributed by atoms with Crippen molar-refractivity contribution in [3.8, 4) is 0 Å². The van der Waals surface area contributed by atoms with Crippen molar-refractivity contribution in [2.75, 3.05) is 5.32 Å². The van der Waals surface area contributed by atoms with Gasteiger partial charge in [-0.1, -0.05) is 12.1 Å². The Balaban J connectivity index is 2.13. The van der Waals surface area contributed by atoms with E-state index in [0.717, 1.165) is 16.8 Å². The van der Waals surface area contributed by atoms with Crippen LogP contribution < -0.4 is 5.32 Å². The van der Waals surface area contributed by atoms with Gasteiger partial charge in [0.15, 0.2) is 0 Å². The summed E-state index contributed by atoms with van der Waals surface area (Å²) in [5.74, 6) is -1.31. The molecule has 20 heavy (non-hydrogen) atoms. The Bertz CT molecular complexity index is 661. The quantitative estimate of drug-likeness (QED) is 0.890. The average Bonchev–Trinajstić information content (AvgIpc) is 2.81. The number of anilines is 1. The zero-order valence-electron chi connectivity index (χ0n) is 11.3. The predicted molar refractivity (Wildman–Crippen MR) is 73.7 cm³/mol. The van der Waals surface area contributed by atoms with Gasteiger partial charge >= 0.3 is 5.97 Å². The molecule has 1 amide bonds. The van der Waals surface area contributed by atoms with Crippen molar-refractivity contribution in [2.45, 2.75) is 20.4 Å². The number of carboxylic acid groups (broad SMARTS) is 1. The Hall–Kier alpha value is -2.63. The summed E-state index contributed by atoms with van der Waals surface area (Å²) in [5.41, 5.74) is 3.07. The van der Waals surface area contributed by atoms with Crippen LogP contribution in [0.1, 0.15) is 21.5 Å². The molecule has 0 atom stereocenters. The third-order valence-electron chi connectivity index (χ3n) is 2.83. The third-order valence-corrected chi connectivity index (χ3v) is 2.83. The molecule has 0 unspecified atom stereocenters. The van der Waals surface area contributed by atoms with Gasteiger partial charge in [-0.3, -0.25) is 14.3 Å². The molecule has 2 N–H and O–H groups in total. The lowest BCUT2D eigenvalue weighted by molar-refractivity contribution is -0.137. The number of carboxylic acids is 1. The lowest BCUT2D eigenvalue weighted by Gasteiger charge is -2.08. The topological polar surface area (TPSA) is 84.2 Å². The number of rotatable bonds is 4. The largest absolute Gasteiger partial charge is 0.480 e. The van der Waals surface area contributed by atoms with Crippen LogP contribution in [-0.4, -0.2) is 26.8 Å². The van der Waals surface area contributed by atoms with E-state index in [1.165, 1.54) is 17.1 Å². The number of amides is 1. The van der Waals surface area contributed by atoms with E-state index in [1.54, 1.807) is 0 Å². The summed E-state index contributed by atoms with van der Waals surface area (Å²) in [5, 5.41) is 15.3. The molecule has 1 aromatic heterocycles. The van der Waals surface area contributed by atoms with Crippen molar-refractivity contribution in [3.05, 3.63) is 47.3 Å². The number of carbonyl (C=O) groups excluding carboxylic acids is 1. The minimum atomic E-state index is -1.01. The monoisotopic (exact) mass is 273 g/mol. The van der Waals surface area contributed by atoms with Gasteiger partial charge in [-0.05, 0) is 31.0 Å². The van der Waals surface area contributed by atoms with Crippen LogP contribution in [0.4, 0.5) is 5.69 Å². The standard InChI is InChI=1S/C14H15N3O3/c1-9-3-4-10(2)12(5-9)16-14(20)11-6-15-17(7-11)8-13(18)19/h3-7H,8H2,1-2H3,(H,16,20)(H,18,19). The van der Waals surface area contributed by atoms with E-state index < -0.39 is 5.97 Å². The molecule has 2 aromatic rings. The van der Waals surface area contributed by atoms with E-state index >= 15 is 0 Å². The van der Waals surface area contributed by atoms with Crippen molar-refractivity contribution < 1.29 is 14.7 Å². The van der Waals surface area contributed by atoms with Crippen molar-refractivity contribution >= 4 is 17.6 Å². The molecular weight excluding hydrogens is 258 g/mol. The van der Waals surface area contributed by atoms with Crippen LogP contribution >= 0.6 is 0 Å². The van der Waals surface area contributed by atoms with E-state index in [-0.39, 0.29) is 12.5 Å². The van der Waals surface area contributed by atoms with Gasteiger partial charge in [0.2, 0.25) is 0 Å². The first-order valence-corrected chi connectivity index (χ1v) is 6.08. The number of hydrogen-bond donors (Lipinski definition) is 2. The van der Waals surface area contributed by atoms with Gasteiger partial charge in [-0.25, -0.2) is 0 Å². The molecule has 0 spiro atoms. The molecule has 0 fully saturated rings. The highest BCUT2D eigenvalue weighted by Gasteiger charge is 2.11. The summed E-state index contributed by atoms with van der Waals surface area (Å²) in [6.07, 6.45) is 2.76. The maximum atomic E-state index is 12.1. The smallest absolute Gasteiger partial charge is 0.325 e. The lowest BCUT2D eigenvalue weighted by Crippen LogP contribution is -2.13. The number of nitrogens with zero attached hydrogens (tertiary/aromatic N) is 2. The van der Waals surface area contributed by atoms with Crippen molar-refractivity contribution in [3.63, 3.8) is 0 Å². The Kier molecular flexibility index (Phi) is 3.84. The first-order chi connectivity index (χ1) is 9.45. The zero-order chi connectivity index (χ0) is 14.7. The fourth-order valence-corrected chi connectivity index (χ4v) is 1.77. The minimum Gasteiger partial charge on any atom is -0.480 e. The Morgan fingerprint density at radius 2 is 2.10 bits per heavy atom. The fraction of sp³-hybridized carbons (Fsp3) is 0.214. The number of nitrogens with one attached hydrogen (secondary N) is 1. The summed E-state index contributed by atoms with van der Waals surface area (Å²) in [7, 11) is 0. The van der Waals surface area contributed by atoms with Gasteiger partial charge in [-0.15, -0.1) is 0 Å². The minimum absolute atomic E-state index is 0.267. The van der Waals surface area contributed by atoms with E-state index in [1.807, 2.05) is 32.0 Å². The number of aromatic nitrogens is 2. The van der Waals surface area contributed by atoms with Crippen molar-refractivity contribution in [1.29, 1.82) is 0 Å². The second-order valence-electron chi connectivity index (χ2n) is 4.59. The molecule has 0 aliphatic rings. The molecule has 6 nitrogen and oxygen atoms in total. The number of carbonyl (C=O) groups is 2. The maximum Gasteiger partial charge on any atom is 0.325 e. The number of aryl methyl sites for hydroxylation is 2. The number of aliphatic carboxylic acids is 1. The maximum absolute atomic E-state index is 12.1. The van der Waals surface area contributed by atoms with E-state index in [0.29, 0.717) is 5.56 Å². The highest BCUT2D eigenvalue weighted by molar-refractivity contribution is 6.04. The molecule has 0 aliphatic carbocycles. The van der Waals surface area contributed by atoms with Crippen LogP contribution in [0.3, 0.4) is 0 Å². The molecule has 0 aliphatic heterocycles. The zero-order valence-corrected chi connectivity index (χ0v) is 11.3. The van der Waals surface area contributed by atoms with Crippen LogP contribution in [0.5, 0.6) is 0 Å². The first kappa shape index (κ1) is 13.8. The first-order valence-electron chi connectivity index (χ1n) is 6.08. The van der Waals surface area contributed by atoms with Crippen LogP contribution in [0.25, 0.3) is 0 Å². The van der Waals surface area contributed by atoms with Gasteiger partial charge in [-0.2, -0.15) is 5.10 Å². The molecule has 1 heterocycles. The molecule has 0 radical (unpaired) electrons. The molecule has 1 aromatic carbocycles. The van der Waals surface area contributed by atoms with Gasteiger partial charge in [0.05, 0.1) is 11.8 Å². The normalized spacial score (nSPS) is 10.3. The SMILES string of the molecule is Cc1ccc(C)c(NC(=O)c2cnn(CC(=O)O)c2)c1. The summed E-state index contributed by atoms with van der Waals surface area (Å²) >= 11 is 0. The molecule has 2 rings (SSSR count). The van der Waals surface area contributed by atoms with Crippen molar-refractivity contribution in [1.82, 2.24) is 9.78 Å². The fourth-order valence-electron chi connectivity index (χ4n) is 1.77. The molecule has 0 saturated carbocycles.